The summed E-state index contributed by atoms with van der Waals surface area (Å²) in [7, 11) is -1.49. The molecule has 1 atom stereocenters. The Balaban J connectivity index is 1.89. The molecular formula is C19H35N5O3S. The molecule has 0 aromatic carbocycles. The Labute approximate surface area is 169 Å². The van der Waals surface area contributed by atoms with E-state index in [4.69, 9.17) is 9.41 Å². The first-order valence-electron chi connectivity index (χ1n) is 10.2. The Morgan fingerprint density at radius 1 is 1.32 bits per heavy atom. The van der Waals surface area contributed by atoms with Crippen LogP contribution in [0.25, 0.3) is 0 Å². The summed E-state index contributed by atoms with van der Waals surface area (Å²) >= 11 is 0. The number of nitrogens with one attached hydrogen (secondary N) is 2. The van der Waals surface area contributed by atoms with Crippen LogP contribution in [0.4, 0.5) is 0 Å². The van der Waals surface area contributed by atoms with Crippen LogP contribution in [0.2, 0.25) is 0 Å². The smallest absolute Gasteiger partial charge is 0.213 e. The molecule has 8 nitrogen and oxygen atoms in total. The molecule has 28 heavy (non-hydrogen) atoms. The molecule has 1 aliphatic rings. The number of guanidine groups is 1. The molecule has 160 valence electrons. The molecule has 9 heteroatoms. The van der Waals surface area contributed by atoms with Gasteiger partial charge < -0.3 is 15.1 Å². The Morgan fingerprint density at radius 3 is 2.68 bits per heavy atom. The van der Waals surface area contributed by atoms with E-state index in [1.807, 2.05) is 19.1 Å². The van der Waals surface area contributed by atoms with Gasteiger partial charge in [0.15, 0.2) is 5.96 Å². The van der Waals surface area contributed by atoms with Crippen LogP contribution in [-0.2, 0) is 10.0 Å². The van der Waals surface area contributed by atoms with Crippen LogP contribution < -0.4 is 10.6 Å². The average Bonchev–Trinajstić information content (AvgIpc) is 3.39. The number of hydrogen-bond donors (Lipinski definition) is 2. The lowest BCUT2D eigenvalue weighted by molar-refractivity contribution is 0.221. The van der Waals surface area contributed by atoms with E-state index in [9.17, 15) is 8.42 Å². The largest absolute Gasteiger partial charge is 0.468 e. The highest BCUT2D eigenvalue weighted by atomic mass is 32.2. The quantitative estimate of drug-likeness (QED) is 0.326. The summed E-state index contributed by atoms with van der Waals surface area (Å²) in [5.41, 5.74) is 0. The molecule has 1 aromatic heterocycles. The van der Waals surface area contributed by atoms with Gasteiger partial charge in [0.1, 0.15) is 5.76 Å². The van der Waals surface area contributed by atoms with Crippen molar-refractivity contribution >= 4 is 16.0 Å². The zero-order valence-corrected chi connectivity index (χ0v) is 18.2. The minimum atomic E-state index is -3.12. The summed E-state index contributed by atoms with van der Waals surface area (Å²) in [5, 5.41) is 6.57. The van der Waals surface area contributed by atoms with Gasteiger partial charge >= 0.3 is 0 Å². The molecule has 2 N–H and O–H groups in total. The van der Waals surface area contributed by atoms with Gasteiger partial charge in [0.05, 0.1) is 24.6 Å². The maximum Gasteiger partial charge on any atom is 0.213 e. The topological polar surface area (TPSA) is 90.2 Å². The summed E-state index contributed by atoms with van der Waals surface area (Å²) in [5.74, 6) is 1.83. The molecule has 0 spiro atoms. The average molecular weight is 414 g/mol. The van der Waals surface area contributed by atoms with Gasteiger partial charge in [0.25, 0.3) is 0 Å². The van der Waals surface area contributed by atoms with Crippen molar-refractivity contribution in [3.63, 3.8) is 0 Å². The fourth-order valence-electron chi connectivity index (χ4n) is 3.31. The summed E-state index contributed by atoms with van der Waals surface area (Å²) in [4.78, 5) is 7.18. The van der Waals surface area contributed by atoms with Gasteiger partial charge in [0, 0.05) is 26.7 Å². The molecule has 1 fully saturated rings. The normalized spacial score (nSPS) is 17.2. The van der Waals surface area contributed by atoms with E-state index in [0.717, 1.165) is 31.4 Å². The number of aliphatic imine (C=N–C) groups is 1. The fourth-order valence-corrected chi connectivity index (χ4v) is 4.16. The molecule has 1 unspecified atom stereocenters. The minimum absolute atomic E-state index is 0.131. The Hall–Kier alpha value is -1.58. The van der Waals surface area contributed by atoms with Crippen LogP contribution >= 0.6 is 0 Å². The molecule has 0 bridgehead atoms. The predicted octanol–water partition coefficient (Wildman–Crippen LogP) is 1.64. The molecule has 2 rings (SSSR count). The number of rotatable bonds is 11. The van der Waals surface area contributed by atoms with Crippen LogP contribution in [-0.4, -0.2) is 75.7 Å². The number of furan rings is 1. The minimum Gasteiger partial charge on any atom is -0.468 e. The maximum atomic E-state index is 11.8. The van der Waals surface area contributed by atoms with Gasteiger partial charge in [-0.1, -0.05) is 0 Å². The van der Waals surface area contributed by atoms with Crippen LogP contribution in [0.5, 0.6) is 0 Å². The van der Waals surface area contributed by atoms with Gasteiger partial charge in [-0.05, 0) is 58.3 Å². The standard InChI is InChI=1S/C19H35N5O3S/c1-4-20-19(21-11-9-12-23(3)28(25,26)5-2)22-16-17(18-10-8-15-27-18)24-13-6-7-14-24/h8,10,15,17H,4-7,9,11-14,16H2,1-3H3,(H2,20,21,22). The van der Waals surface area contributed by atoms with E-state index in [-0.39, 0.29) is 11.8 Å². The van der Waals surface area contributed by atoms with Crippen molar-refractivity contribution in [2.24, 2.45) is 4.99 Å². The summed E-state index contributed by atoms with van der Waals surface area (Å²) < 4.78 is 30.7. The van der Waals surface area contributed by atoms with Crippen molar-refractivity contribution in [1.82, 2.24) is 19.8 Å². The third-order valence-corrected chi connectivity index (χ3v) is 6.86. The molecule has 0 saturated carbocycles. The second-order valence-electron chi connectivity index (χ2n) is 7.00. The van der Waals surface area contributed by atoms with E-state index in [2.05, 4.69) is 15.5 Å². The van der Waals surface area contributed by atoms with Crippen molar-refractivity contribution in [2.75, 3.05) is 52.1 Å². The number of sulfonamides is 1. The van der Waals surface area contributed by atoms with Crippen LogP contribution in [0.1, 0.15) is 44.9 Å². The molecule has 0 amide bonds. The van der Waals surface area contributed by atoms with E-state index >= 15 is 0 Å². The molecule has 2 heterocycles. The molecule has 1 aromatic rings. The SMILES string of the molecule is CCNC(=NCC(c1ccco1)N1CCCC1)NCCCN(C)S(=O)(=O)CC. The van der Waals surface area contributed by atoms with Gasteiger partial charge in [-0.15, -0.1) is 0 Å². The van der Waals surface area contributed by atoms with E-state index in [1.54, 1.807) is 20.2 Å². The number of likely N-dealkylation sites (tertiary alicyclic amines) is 1. The van der Waals surface area contributed by atoms with E-state index < -0.39 is 10.0 Å². The fraction of sp³-hybridized carbons (Fsp3) is 0.737. The third-order valence-electron chi connectivity index (χ3n) is 5.00. The van der Waals surface area contributed by atoms with Crippen molar-refractivity contribution in [3.05, 3.63) is 24.2 Å². The van der Waals surface area contributed by atoms with Crippen molar-refractivity contribution in [1.29, 1.82) is 0 Å². The molecule has 0 radical (unpaired) electrons. The highest BCUT2D eigenvalue weighted by Gasteiger charge is 2.25. The van der Waals surface area contributed by atoms with E-state index in [0.29, 0.717) is 26.1 Å². The maximum absolute atomic E-state index is 11.8. The summed E-state index contributed by atoms with van der Waals surface area (Å²) in [6.07, 6.45) is 4.86. The summed E-state index contributed by atoms with van der Waals surface area (Å²) in [6.45, 7) is 8.37. The molecule has 1 saturated heterocycles. The highest BCUT2D eigenvalue weighted by molar-refractivity contribution is 7.89. The lowest BCUT2D eigenvalue weighted by Crippen LogP contribution is -2.40. The van der Waals surface area contributed by atoms with Gasteiger partial charge in [0.2, 0.25) is 10.0 Å². The monoisotopic (exact) mass is 413 g/mol. The number of nitrogens with zero attached hydrogens (tertiary/aromatic N) is 3. The van der Waals surface area contributed by atoms with Gasteiger partial charge in [-0.25, -0.2) is 12.7 Å². The second kappa shape index (κ2) is 11.4. The first kappa shape index (κ1) is 22.7. The Morgan fingerprint density at radius 2 is 2.07 bits per heavy atom. The zero-order valence-electron chi connectivity index (χ0n) is 17.4. The third kappa shape index (κ3) is 6.79. The molecular weight excluding hydrogens is 378 g/mol. The van der Waals surface area contributed by atoms with Crippen LogP contribution in [0.3, 0.4) is 0 Å². The summed E-state index contributed by atoms with van der Waals surface area (Å²) in [6, 6.07) is 4.09. The van der Waals surface area contributed by atoms with Crippen molar-refractivity contribution in [2.45, 2.75) is 39.2 Å². The van der Waals surface area contributed by atoms with Gasteiger partial charge in [-0.2, -0.15) is 0 Å². The first-order valence-corrected chi connectivity index (χ1v) is 11.8. The molecule has 1 aliphatic heterocycles. The lowest BCUT2D eigenvalue weighted by Gasteiger charge is -2.24. The van der Waals surface area contributed by atoms with Crippen LogP contribution in [0.15, 0.2) is 27.8 Å². The Kier molecular flexibility index (Phi) is 9.27. The Bertz CT molecular complexity index is 684. The molecule has 0 aliphatic carbocycles. The van der Waals surface area contributed by atoms with Crippen molar-refractivity contribution < 1.29 is 12.8 Å². The lowest BCUT2D eigenvalue weighted by atomic mass is 10.2. The first-order chi connectivity index (χ1) is 13.5. The zero-order chi connectivity index (χ0) is 20.4. The van der Waals surface area contributed by atoms with Crippen LogP contribution in [0, 0.1) is 0 Å². The van der Waals surface area contributed by atoms with E-state index in [1.165, 1.54) is 17.1 Å². The van der Waals surface area contributed by atoms with Gasteiger partial charge in [-0.3, -0.25) is 9.89 Å². The highest BCUT2D eigenvalue weighted by Crippen LogP contribution is 2.25. The second-order valence-corrected chi connectivity index (χ2v) is 9.36. The predicted molar refractivity (Wildman–Crippen MR) is 113 cm³/mol. The number of hydrogen-bond acceptors (Lipinski definition) is 5. The van der Waals surface area contributed by atoms with Crippen molar-refractivity contribution in [3.8, 4) is 0 Å².